The first-order valence-electron chi connectivity index (χ1n) is 5.36. The zero-order valence-electron chi connectivity index (χ0n) is 10.0. The van der Waals surface area contributed by atoms with E-state index in [2.05, 4.69) is 9.71 Å². The minimum absolute atomic E-state index is 0.0378. The monoisotopic (exact) mass is 308 g/mol. The van der Waals surface area contributed by atoms with Gasteiger partial charge in [0, 0.05) is 6.20 Å². The van der Waals surface area contributed by atoms with Crippen molar-refractivity contribution >= 4 is 33.0 Å². The van der Waals surface area contributed by atoms with Gasteiger partial charge in [-0.15, -0.1) is 0 Å². The number of nitrogens with one attached hydrogen (secondary N) is 1. The van der Waals surface area contributed by atoms with E-state index in [0.717, 1.165) is 0 Å². The van der Waals surface area contributed by atoms with Gasteiger partial charge in [0.05, 0.1) is 34.2 Å². The van der Waals surface area contributed by atoms with E-state index in [1.54, 1.807) is 0 Å². The Hall–Kier alpha value is -2.30. The molecule has 0 saturated heterocycles. The van der Waals surface area contributed by atoms with Crippen molar-refractivity contribution in [3.63, 3.8) is 0 Å². The summed E-state index contributed by atoms with van der Waals surface area (Å²) >= 11 is 5.88. The van der Waals surface area contributed by atoms with Crippen molar-refractivity contribution in [2.75, 3.05) is 10.5 Å². The summed E-state index contributed by atoms with van der Waals surface area (Å²) in [7, 11) is -3.89. The highest BCUT2D eigenvalue weighted by molar-refractivity contribution is 7.92. The van der Waals surface area contributed by atoms with Crippen LogP contribution in [0.2, 0.25) is 5.02 Å². The van der Waals surface area contributed by atoms with Crippen LogP contribution in [0.25, 0.3) is 0 Å². The van der Waals surface area contributed by atoms with Crippen LogP contribution in [0.15, 0.2) is 41.6 Å². The molecule has 0 aliphatic heterocycles. The molecule has 20 heavy (non-hydrogen) atoms. The number of hydrogen-bond donors (Lipinski definition) is 2. The Labute approximate surface area is 120 Å². The fourth-order valence-corrected chi connectivity index (χ4v) is 3.12. The summed E-state index contributed by atoms with van der Waals surface area (Å²) in [5, 5.41) is 8.69. The minimum Gasteiger partial charge on any atom is -0.396 e. The van der Waals surface area contributed by atoms with Crippen molar-refractivity contribution in [2.24, 2.45) is 0 Å². The van der Waals surface area contributed by atoms with Crippen LogP contribution in [0, 0.1) is 11.3 Å². The van der Waals surface area contributed by atoms with Gasteiger partial charge in [-0.25, -0.2) is 8.42 Å². The molecule has 1 heterocycles. The van der Waals surface area contributed by atoms with Gasteiger partial charge in [0.25, 0.3) is 10.0 Å². The fraction of sp³-hybridized carbons (Fsp3) is 0. The van der Waals surface area contributed by atoms with E-state index < -0.39 is 10.0 Å². The predicted octanol–water partition coefficient (Wildman–Crippen LogP) is 1.99. The minimum atomic E-state index is -3.89. The van der Waals surface area contributed by atoms with E-state index in [1.807, 2.05) is 6.07 Å². The van der Waals surface area contributed by atoms with Crippen molar-refractivity contribution in [3.05, 3.63) is 47.2 Å². The quantitative estimate of drug-likeness (QED) is 0.901. The van der Waals surface area contributed by atoms with E-state index in [1.165, 1.54) is 36.7 Å². The van der Waals surface area contributed by atoms with Gasteiger partial charge < -0.3 is 5.73 Å². The Morgan fingerprint density at radius 1 is 1.35 bits per heavy atom. The Morgan fingerprint density at radius 3 is 2.70 bits per heavy atom. The van der Waals surface area contributed by atoms with E-state index >= 15 is 0 Å². The molecule has 0 radical (unpaired) electrons. The number of benzene rings is 1. The smallest absolute Gasteiger partial charge is 0.263 e. The van der Waals surface area contributed by atoms with Crippen molar-refractivity contribution in [1.82, 2.24) is 4.98 Å². The molecule has 3 N–H and O–H groups in total. The highest BCUT2D eigenvalue weighted by Crippen LogP contribution is 2.26. The van der Waals surface area contributed by atoms with Crippen LogP contribution in [-0.4, -0.2) is 13.4 Å². The van der Waals surface area contributed by atoms with Crippen LogP contribution in [0.4, 0.5) is 11.4 Å². The number of nitriles is 1. The van der Waals surface area contributed by atoms with Gasteiger partial charge in [-0.3, -0.25) is 9.71 Å². The molecule has 6 nitrogen and oxygen atoms in total. The zero-order chi connectivity index (χ0) is 14.8. The van der Waals surface area contributed by atoms with Crippen molar-refractivity contribution in [1.29, 1.82) is 5.26 Å². The van der Waals surface area contributed by atoms with Crippen molar-refractivity contribution in [2.45, 2.75) is 4.90 Å². The molecule has 102 valence electrons. The average Bonchev–Trinajstić information content (AvgIpc) is 2.40. The maximum Gasteiger partial charge on any atom is 0.263 e. The van der Waals surface area contributed by atoms with Gasteiger partial charge in [0.1, 0.15) is 4.90 Å². The summed E-state index contributed by atoms with van der Waals surface area (Å²) in [4.78, 5) is 3.64. The van der Waals surface area contributed by atoms with Gasteiger partial charge in [-0.2, -0.15) is 5.26 Å². The van der Waals surface area contributed by atoms with E-state index in [9.17, 15) is 8.42 Å². The molecule has 8 heteroatoms. The average molecular weight is 309 g/mol. The summed E-state index contributed by atoms with van der Waals surface area (Å²) < 4.78 is 26.8. The Kier molecular flexibility index (Phi) is 3.79. The molecule has 1 aromatic carbocycles. The molecular formula is C12H9ClN4O2S. The summed E-state index contributed by atoms with van der Waals surface area (Å²) in [5.41, 5.74) is 6.30. The maximum absolute atomic E-state index is 12.2. The molecule has 0 fully saturated rings. The number of pyridine rings is 1. The Morgan fingerprint density at radius 2 is 2.10 bits per heavy atom. The zero-order valence-corrected chi connectivity index (χ0v) is 11.6. The molecule has 0 unspecified atom stereocenters. The summed E-state index contributed by atoms with van der Waals surface area (Å²) in [6.07, 6.45) is 2.74. The topological polar surface area (TPSA) is 109 Å². The van der Waals surface area contributed by atoms with Gasteiger partial charge in [-0.05, 0) is 24.3 Å². The van der Waals surface area contributed by atoms with Crippen LogP contribution < -0.4 is 10.5 Å². The molecule has 2 rings (SSSR count). The lowest BCUT2D eigenvalue weighted by Crippen LogP contribution is -2.14. The van der Waals surface area contributed by atoms with Crippen LogP contribution in [0.1, 0.15) is 5.56 Å². The largest absolute Gasteiger partial charge is 0.396 e. The highest BCUT2D eigenvalue weighted by atomic mass is 35.5. The molecule has 0 spiro atoms. The van der Waals surface area contributed by atoms with Gasteiger partial charge >= 0.3 is 0 Å². The van der Waals surface area contributed by atoms with Gasteiger partial charge in [0.15, 0.2) is 0 Å². The van der Waals surface area contributed by atoms with Crippen LogP contribution in [0.3, 0.4) is 0 Å². The van der Waals surface area contributed by atoms with Gasteiger partial charge in [-0.1, -0.05) is 11.6 Å². The lowest BCUT2D eigenvalue weighted by molar-refractivity contribution is 0.601. The lowest BCUT2D eigenvalue weighted by atomic mass is 10.2. The Bertz CT molecular complexity index is 799. The first kappa shape index (κ1) is 14.1. The van der Waals surface area contributed by atoms with E-state index in [0.29, 0.717) is 0 Å². The molecule has 0 atom stereocenters. The maximum atomic E-state index is 12.2. The second-order valence-electron chi connectivity index (χ2n) is 3.83. The summed E-state index contributed by atoms with van der Waals surface area (Å²) in [5.74, 6) is 0. The molecule has 0 aliphatic carbocycles. The SMILES string of the molecule is N#Cc1ccc(S(=O)(=O)Nc2ccncc2N)c(Cl)c1. The molecule has 0 aliphatic rings. The number of rotatable bonds is 3. The summed E-state index contributed by atoms with van der Waals surface area (Å²) in [6, 6.07) is 7.23. The van der Waals surface area contributed by atoms with Gasteiger partial charge in [0.2, 0.25) is 0 Å². The number of nitrogens with zero attached hydrogens (tertiary/aromatic N) is 2. The number of hydrogen-bond acceptors (Lipinski definition) is 5. The summed E-state index contributed by atoms with van der Waals surface area (Å²) in [6.45, 7) is 0. The van der Waals surface area contributed by atoms with Crippen LogP contribution >= 0.6 is 11.6 Å². The third kappa shape index (κ3) is 2.82. The number of sulfonamides is 1. The fourth-order valence-electron chi connectivity index (χ4n) is 1.49. The second-order valence-corrected chi connectivity index (χ2v) is 5.88. The highest BCUT2D eigenvalue weighted by Gasteiger charge is 2.19. The number of anilines is 2. The molecule has 0 bridgehead atoms. The molecular weight excluding hydrogens is 300 g/mol. The Balaban J connectivity index is 2.42. The normalized spacial score (nSPS) is 10.8. The number of halogens is 1. The first-order chi connectivity index (χ1) is 9.44. The van der Waals surface area contributed by atoms with Crippen molar-refractivity contribution in [3.8, 4) is 6.07 Å². The number of nitrogens with two attached hydrogens (primary N) is 1. The number of aromatic nitrogens is 1. The number of nitrogen functional groups attached to an aromatic ring is 1. The van der Waals surface area contributed by atoms with E-state index in [-0.39, 0.29) is 26.9 Å². The third-order valence-electron chi connectivity index (χ3n) is 2.45. The standard InChI is InChI=1S/C12H9ClN4O2S/c13-9-5-8(6-14)1-2-12(9)20(18,19)17-11-3-4-16-7-10(11)15/h1-5,7H,15H2,(H,16,17). The van der Waals surface area contributed by atoms with Crippen LogP contribution in [-0.2, 0) is 10.0 Å². The molecule has 1 aromatic heterocycles. The second kappa shape index (κ2) is 5.36. The molecule has 0 amide bonds. The third-order valence-corrected chi connectivity index (χ3v) is 4.30. The first-order valence-corrected chi connectivity index (χ1v) is 7.22. The van der Waals surface area contributed by atoms with E-state index in [4.69, 9.17) is 22.6 Å². The lowest BCUT2D eigenvalue weighted by Gasteiger charge is -2.11. The van der Waals surface area contributed by atoms with Crippen LogP contribution in [0.5, 0.6) is 0 Å². The molecule has 2 aromatic rings. The predicted molar refractivity (Wildman–Crippen MR) is 75.6 cm³/mol. The van der Waals surface area contributed by atoms with Crippen molar-refractivity contribution < 1.29 is 8.42 Å². The molecule has 0 saturated carbocycles.